The van der Waals surface area contributed by atoms with E-state index in [4.69, 9.17) is 19.2 Å². The number of ether oxygens (including phenoxy) is 3. The predicted molar refractivity (Wildman–Crippen MR) is 124 cm³/mol. The molecule has 0 radical (unpaired) electrons. The quantitative estimate of drug-likeness (QED) is 0.606. The topological polar surface area (TPSA) is 80.8 Å². The number of anilines is 3. The molecule has 2 aliphatic rings. The van der Waals surface area contributed by atoms with Gasteiger partial charge in [0.15, 0.2) is 0 Å². The maximum atomic E-state index is 6.14. The number of fused-ring (bicyclic) bond motifs is 7. The fourth-order valence-electron chi connectivity index (χ4n) is 3.86. The molecule has 3 heterocycles. The van der Waals surface area contributed by atoms with Crippen LogP contribution < -0.4 is 25.0 Å². The second kappa shape index (κ2) is 9.84. The number of nitrogens with zero attached hydrogens (tertiary/aromatic N) is 3. The molecule has 3 aromatic rings. The third-order valence-corrected chi connectivity index (χ3v) is 5.44. The second-order valence-electron chi connectivity index (χ2n) is 7.65. The standard InChI is InChI=1S/C24H27N5O3/c1-2-18-16-20(3-1)31-14-12-30-13-15-32-23-17-19(27-24-26-7-6-21(18)28-24)4-5-22(23)29-10-8-25-9-11-29/h1-7,16-17,25H,8-15H2,(H,26,27,28). The molecule has 1 saturated heterocycles. The molecule has 166 valence electrons. The lowest BCUT2D eigenvalue weighted by molar-refractivity contribution is 0.0765. The van der Waals surface area contributed by atoms with E-state index in [-0.39, 0.29) is 0 Å². The molecule has 0 spiro atoms. The van der Waals surface area contributed by atoms with Gasteiger partial charge < -0.3 is 29.7 Å². The first-order valence-corrected chi connectivity index (χ1v) is 11.0. The molecule has 0 atom stereocenters. The Bertz CT molecular complexity index is 1060. The maximum absolute atomic E-state index is 6.14. The third kappa shape index (κ3) is 4.92. The number of piperazine rings is 1. The van der Waals surface area contributed by atoms with E-state index < -0.39 is 0 Å². The van der Waals surface area contributed by atoms with E-state index in [1.807, 2.05) is 42.5 Å². The SMILES string of the molecule is c1cc2cc(c1)-c1ccnc(n1)Nc1ccc(N3CCNCC3)c(c1)OCCOCCO2. The van der Waals surface area contributed by atoms with Crippen molar-refractivity contribution >= 4 is 17.3 Å². The molecule has 32 heavy (non-hydrogen) atoms. The highest BCUT2D eigenvalue weighted by molar-refractivity contribution is 5.68. The van der Waals surface area contributed by atoms with Gasteiger partial charge in [0.1, 0.15) is 24.7 Å². The number of aromatic nitrogens is 2. The van der Waals surface area contributed by atoms with E-state index in [0.29, 0.717) is 32.4 Å². The summed E-state index contributed by atoms with van der Waals surface area (Å²) in [5.74, 6) is 2.14. The van der Waals surface area contributed by atoms with Crippen LogP contribution in [0.25, 0.3) is 11.3 Å². The number of hydrogen-bond acceptors (Lipinski definition) is 8. The molecule has 2 aliphatic heterocycles. The molecule has 0 saturated carbocycles. The molecule has 0 unspecified atom stereocenters. The lowest BCUT2D eigenvalue weighted by Crippen LogP contribution is -2.43. The van der Waals surface area contributed by atoms with Crippen molar-refractivity contribution in [2.24, 2.45) is 0 Å². The largest absolute Gasteiger partial charge is 0.491 e. The monoisotopic (exact) mass is 433 g/mol. The van der Waals surface area contributed by atoms with Gasteiger partial charge in [0, 0.05) is 49.7 Å². The van der Waals surface area contributed by atoms with Crippen molar-refractivity contribution < 1.29 is 14.2 Å². The summed E-state index contributed by atoms with van der Waals surface area (Å²) in [7, 11) is 0. The van der Waals surface area contributed by atoms with E-state index in [9.17, 15) is 0 Å². The Morgan fingerprint density at radius 2 is 1.75 bits per heavy atom. The molecule has 6 bridgehead atoms. The second-order valence-corrected chi connectivity index (χ2v) is 7.65. The summed E-state index contributed by atoms with van der Waals surface area (Å²) in [5.41, 5.74) is 3.75. The van der Waals surface area contributed by atoms with Crippen molar-refractivity contribution in [3.05, 3.63) is 54.7 Å². The summed E-state index contributed by atoms with van der Waals surface area (Å²) in [6.07, 6.45) is 1.76. The van der Waals surface area contributed by atoms with Crippen molar-refractivity contribution in [2.75, 3.05) is 62.8 Å². The van der Waals surface area contributed by atoms with Crippen LogP contribution in [0.2, 0.25) is 0 Å². The van der Waals surface area contributed by atoms with Crippen molar-refractivity contribution in [2.45, 2.75) is 0 Å². The summed E-state index contributed by atoms with van der Waals surface area (Å²) in [6, 6.07) is 15.9. The van der Waals surface area contributed by atoms with E-state index in [0.717, 1.165) is 60.3 Å². The molecular formula is C24H27N5O3. The third-order valence-electron chi connectivity index (χ3n) is 5.44. The van der Waals surface area contributed by atoms with Crippen LogP contribution in [0.5, 0.6) is 11.5 Å². The van der Waals surface area contributed by atoms with Crippen LogP contribution in [0, 0.1) is 0 Å². The number of hydrogen-bond donors (Lipinski definition) is 2. The van der Waals surface area contributed by atoms with Crippen molar-refractivity contribution in [1.82, 2.24) is 15.3 Å². The van der Waals surface area contributed by atoms with Crippen LogP contribution in [0.15, 0.2) is 54.7 Å². The molecule has 5 rings (SSSR count). The van der Waals surface area contributed by atoms with E-state index in [1.165, 1.54) is 0 Å². The maximum Gasteiger partial charge on any atom is 0.227 e. The van der Waals surface area contributed by atoms with Crippen LogP contribution in [0.3, 0.4) is 0 Å². The van der Waals surface area contributed by atoms with Gasteiger partial charge >= 0.3 is 0 Å². The van der Waals surface area contributed by atoms with Crippen LogP contribution in [0.4, 0.5) is 17.3 Å². The Morgan fingerprint density at radius 1 is 0.875 bits per heavy atom. The van der Waals surface area contributed by atoms with Gasteiger partial charge in [-0.1, -0.05) is 12.1 Å². The van der Waals surface area contributed by atoms with Gasteiger partial charge in [-0.05, 0) is 30.3 Å². The fraction of sp³-hybridized carbons (Fsp3) is 0.333. The first-order chi connectivity index (χ1) is 15.8. The van der Waals surface area contributed by atoms with E-state index in [2.05, 4.69) is 26.6 Å². The van der Waals surface area contributed by atoms with Gasteiger partial charge in [0.05, 0.1) is 24.6 Å². The molecular weight excluding hydrogens is 406 g/mol. The highest BCUT2D eigenvalue weighted by atomic mass is 16.5. The van der Waals surface area contributed by atoms with Crippen molar-refractivity contribution in [3.63, 3.8) is 0 Å². The van der Waals surface area contributed by atoms with Gasteiger partial charge in [0.2, 0.25) is 5.95 Å². The van der Waals surface area contributed by atoms with Crippen molar-refractivity contribution in [3.8, 4) is 22.8 Å². The summed E-state index contributed by atoms with van der Waals surface area (Å²) < 4.78 is 17.7. The normalized spacial score (nSPS) is 16.8. The van der Waals surface area contributed by atoms with Crippen LogP contribution in [-0.2, 0) is 4.74 Å². The highest BCUT2D eigenvalue weighted by Gasteiger charge is 2.16. The molecule has 8 nitrogen and oxygen atoms in total. The average Bonchev–Trinajstić information content (AvgIpc) is 2.84. The van der Waals surface area contributed by atoms with E-state index in [1.54, 1.807) is 6.20 Å². The number of rotatable bonds is 1. The van der Waals surface area contributed by atoms with Gasteiger partial charge in [0.25, 0.3) is 0 Å². The van der Waals surface area contributed by atoms with Crippen LogP contribution in [0.1, 0.15) is 0 Å². The van der Waals surface area contributed by atoms with Crippen LogP contribution >= 0.6 is 0 Å². The van der Waals surface area contributed by atoms with Crippen molar-refractivity contribution in [1.29, 1.82) is 0 Å². The minimum Gasteiger partial charge on any atom is -0.491 e. The molecule has 0 aliphatic carbocycles. The molecule has 0 amide bonds. The van der Waals surface area contributed by atoms with Crippen LogP contribution in [-0.4, -0.2) is 62.6 Å². The van der Waals surface area contributed by atoms with Gasteiger partial charge in [-0.25, -0.2) is 9.97 Å². The summed E-state index contributed by atoms with van der Waals surface area (Å²) in [5, 5.41) is 6.72. The molecule has 2 N–H and O–H groups in total. The smallest absolute Gasteiger partial charge is 0.227 e. The zero-order valence-corrected chi connectivity index (χ0v) is 17.9. The average molecular weight is 434 g/mol. The molecule has 1 aromatic heterocycles. The zero-order valence-electron chi connectivity index (χ0n) is 17.9. The lowest BCUT2D eigenvalue weighted by atomic mass is 10.1. The number of nitrogens with one attached hydrogen (secondary N) is 2. The Hall–Kier alpha value is -3.36. The molecule has 2 aromatic carbocycles. The Kier molecular flexibility index (Phi) is 6.32. The fourth-order valence-corrected chi connectivity index (χ4v) is 3.86. The van der Waals surface area contributed by atoms with E-state index >= 15 is 0 Å². The van der Waals surface area contributed by atoms with Gasteiger partial charge in [-0.3, -0.25) is 0 Å². The first-order valence-electron chi connectivity index (χ1n) is 11.0. The predicted octanol–water partition coefficient (Wildman–Crippen LogP) is 3.08. The van der Waals surface area contributed by atoms with Gasteiger partial charge in [-0.2, -0.15) is 0 Å². The Morgan fingerprint density at radius 3 is 2.66 bits per heavy atom. The lowest BCUT2D eigenvalue weighted by Gasteiger charge is -2.31. The number of benzene rings is 2. The Labute approximate surface area is 187 Å². The summed E-state index contributed by atoms with van der Waals surface area (Å²) in [6.45, 7) is 5.74. The van der Waals surface area contributed by atoms with Gasteiger partial charge in [-0.15, -0.1) is 0 Å². The highest BCUT2D eigenvalue weighted by Crippen LogP contribution is 2.33. The minimum atomic E-state index is 0.462. The molecule has 1 fully saturated rings. The summed E-state index contributed by atoms with van der Waals surface area (Å²) >= 11 is 0. The first kappa shape index (κ1) is 20.5. The molecule has 8 heteroatoms. The Balaban J connectivity index is 1.46. The minimum absolute atomic E-state index is 0.462. The summed E-state index contributed by atoms with van der Waals surface area (Å²) in [4.78, 5) is 11.4. The zero-order chi connectivity index (χ0) is 21.6.